The molecule has 32 heavy (non-hydrogen) atoms. The van der Waals surface area contributed by atoms with Crippen LogP contribution in [0, 0.1) is 5.82 Å². The van der Waals surface area contributed by atoms with Gasteiger partial charge in [0, 0.05) is 30.4 Å². The average molecular weight is 486 g/mol. The Morgan fingerprint density at radius 3 is 2.66 bits per heavy atom. The van der Waals surface area contributed by atoms with Gasteiger partial charge in [-0.15, -0.1) is 0 Å². The van der Waals surface area contributed by atoms with E-state index in [0.29, 0.717) is 22.3 Å². The van der Waals surface area contributed by atoms with Gasteiger partial charge >= 0.3 is 0 Å². The number of sulfonamides is 1. The molecule has 1 atom stereocenters. The van der Waals surface area contributed by atoms with Crippen LogP contribution in [0.5, 0.6) is 0 Å². The molecule has 1 heterocycles. The molecule has 2 aromatic carbocycles. The zero-order valence-electron chi connectivity index (χ0n) is 16.8. The summed E-state index contributed by atoms with van der Waals surface area (Å²) in [5.41, 5.74) is 1.46. The number of halogens is 2. The fourth-order valence-corrected chi connectivity index (χ4v) is 3.95. The molecule has 172 valence electrons. The molecule has 0 aliphatic rings. The van der Waals surface area contributed by atoms with Gasteiger partial charge in [-0.3, -0.25) is 9.48 Å². The van der Waals surface area contributed by atoms with E-state index in [2.05, 4.69) is 20.5 Å². The number of nitrogens with zero attached hydrogens (tertiary/aromatic N) is 2. The molecule has 3 rings (SSSR count). The molecule has 3 aromatic rings. The molecule has 13 heteroatoms. The van der Waals surface area contributed by atoms with Gasteiger partial charge < -0.3 is 20.8 Å². The minimum absolute atomic E-state index is 0.122. The van der Waals surface area contributed by atoms with E-state index >= 15 is 0 Å². The fourth-order valence-electron chi connectivity index (χ4n) is 2.86. The number of nitrogens with one attached hydrogen (secondary N) is 3. The molecule has 0 saturated carbocycles. The Bertz CT molecular complexity index is 1250. The molecule has 0 fully saturated rings. The number of aliphatic hydroxyl groups excluding tert-OH is 2. The molecule has 0 unspecified atom stereocenters. The Kier molecular flexibility index (Phi) is 7.31. The number of carbonyl (C=O) groups is 1. The van der Waals surface area contributed by atoms with Crippen molar-refractivity contribution in [3.8, 4) is 0 Å². The highest BCUT2D eigenvalue weighted by Gasteiger charge is 2.18. The van der Waals surface area contributed by atoms with Gasteiger partial charge in [-0.25, -0.2) is 17.5 Å². The van der Waals surface area contributed by atoms with Crippen molar-refractivity contribution in [1.82, 2.24) is 14.5 Å². The summed E-state index contributed by atoms with van der Waals surface area (Å²) in [4.78, 5) is 12.7. The number of fused-ring (bicyclic) bond motifs is 1. The van der Waals surface area contributed by atoms with Crippen molar-refractivity contribution in [3.05, 3.63) is 52.9 Å². The molecule has 0 radical (unpaired) electrons. The second kappa shape index (κ2) is 9.79. The maximum atomic E-state index is 13.3. The summed E-state index contributed by atoms with van der Waals surface area (Å²) in [5.74, 6) is -1.55. The normalized spacial score (nSPS) is 12.7. The van der Waals surface area contributed by atoms with Crippen molar-refractivity contribution in [3.63, 3.8) is 0 Å². The molecule has 0 spiro atoms. The monoisotopic (exact) mass is 485 g/mol. The lowest BCUT2D eigenvalue weighted by molar-refractivity contribution is 0.0988. The summed E-state index contributed by atoms with van der Waals surface area (Å²) in [6, 6.07) is 8.61. The lowest BCUT2D eigenvalue weighted by atomic mass is 10.1. The third-order valence-corrected chi connectivity index (χ3v) is 5.86. The van der Waals surface area contributed by atoms with Crippen LogP contribution < -0.4 is 15.4 Å². The first kappa shape index (κ1) is 23.9. The quantitative estimate of drug-likeness (QED) is 0.306. The highest BCUT2D eigenvalue weighted by Crippen LogP contribution is 2.24. The molecule has 0 bridgehead atoms. The number of aryl methyl sites for hydroxylation is 1. The molecule has 1 amide bonds. The summed E-state index contributed by atoms with van der Waals surface area (Å²) in [6.07, 6.45) is -1.19. The standard InChI is InChI=1S/C19H21ClFN5O5S/c1-26-18(19(29)24-12-3-5-16(21)15(20)6-12)14-4-2-11(7-17(14)25-26)22-10-32(30,31)23-8-13(28)9-27/h2-7,13,22-23,27-28H,8-10H2,1H3,(H,24,29)/t13-/m0/s1. The van der Waals surface area contributed by atoms with Gasteiger partial charge in [0.1, 0.15) is 17.4 Å². The second-order valence-corrected chi connectivity index (χ2v) is 9.12. The maximum Gasteiger partial charge on any atom is 0.274 e. The molecule has 10 nitrogen and oxygen atoms in total. The van der Waals surface area contributed by atoms with Crippen LogP contribution in [0.1, 0.15) is 10.5 Å². The van der Waals surface area contributed by atoms with Crippen molar-refractivity contribution in [2.45, 2.75) is 6.10 Å². The van der Waals surface area contributed by atoms with Crippen LogP contribution >= 0.6 is 11.6 Å². The number of hydrogen-bond acceptors (Lipinski definition) is 7. The fraction of sp³-hybridized carbons (Fsp3) is 0.263. The molecule has 0 saturated heterocycles. The first-order valence-electron chi connectivity index (χ1n) is 9.33. The Hall–Kier alpha value is -2.77. The predicted octanol–water partition coefficient (Wildman–Crippen LogP) is 1.26. The van der Waals surface area contributed by atoms with Gasteiger partial charge in [-0.1, -0.05) is 11.6 Å². The topological polar surface area (TPSA) is 146 Å². The summed E-state index contributed by atoms with van der Waals surface area (Å²) < 4.78 is 40.8. The number of rotatable bonds is 9. The average Bonchev–Trinajstić information content (AvgIpc) is 3.08. The van der Waals surface area contributed by atoms with Crippen LogP contribution in [0.25, 0.3) is 10.9 Å². The minimum atomic E-state index is -3.76. The van der Waals surface area contributed by atoms with E-state index in [9.17, 15) is 22.7 Å². The van der Waals surface area contributed by atoms with Gasteiger partial charge in [-0.2, -0.15) is 5.10 Å². The third kappa shape index (κ3) is 5.72. The molecule has 5 N–H and O–H groups in total. The van der Waals surface area contributed by atoms with Gasteiger partial charge in [-0.05, 0) is 36.4 Å². The van der Waals surface area contributed by atoms with Crippen molar-refractivity contribution >= 4 is 49.8 Å². The third-order valence-electron chi connectivity index (χ3n) is 4.44. The number of anilines is 2. The minimum Gasteiger partial charge on any atom is -0.394 e. The van der Waals surface area contributed by atoms with Crippen LogP contribution in [0.4, 0.5) is 15.8 Å². The highest BCUT2D eigenvalue weighted by molar-refractivity contribution is 7.89. The second-order valence-electron chi connectivity index (χ2n) is 6.91. The first-order chi connectivity index (χ1) is 15.1. The number of carbonyl (C=O) groups excluding carboxylic acids is 1. The predicted molar refractivity (Wildman–Crippen MR) is 119 cm³/mol. The first-order valence-corrected chi connectivity index (χ1v) is 11.4. The lowest BCUT2D eigenvalue weighted by Gasteiger charge is -2.11. The highest BCUT2D eigenvalue weighted by atomic mass is 35.5. The summed E-state index contributed by atoms with van der Waals surface area (Å²) in [7, 11) is -2.17. The van der Waals surface area contributed by atoms with E-state index in [0.717, 1.165) is 6.07 Å². The largest absolute Gasteiger partial charge is 0.394 e. The Morgan fingerprint density at radius 1 is 1.25 bits per heavy atom. The van der Waals surface area contributed by atoms with E-state index in [1.165, 1.54) is 16.8 Å². The van der Waals surface area contributed by atoms with E-state index < -0.39 is 40.3 Å². The smallest absolute Gasteiger partial charge is 0.274 e. The van der Waals surface area contributed by atoms with Gasteiger partial charge in [0.2, 0.25) is 10.0 Å². The number of amides is 1. The van der Waals surface area contributed by atoms with Crippen molar-refractivity contribution in [2.24, 2.45) is 7.05 Å². The summed E-state index contributed by atoms with van der Waals surface area (Å²) in [6.45, 7) is -0.867. The number of aromatic nitrogens is 2. The number of hydrogen-bond donors (Lipinski definition) is 5. The van der Waals surface area contributed by atoms with Gasteiger partial charge in [0.15, 0.2) is 0 Å². The van der Waals surface area contributed by atoms with Crippen LogP contribution in [0.2, 0.25) is 5.02 Å². The van der Waals surface area contributed by atoms with E-state index in [-0.39, 0.29) is 17.3 Å². The van der Waals surface area contributed by atoms with Gasteiger partial charge in [0.05, 0.1) is 23.3 Å². The summed E-state index contributed by atoms with van der Waals surface area (Å²) >= 11 is 5.75. The van der Waals surface area contributed by atoms with E-state index in [4.69, 9.17) is 16.7 Å². The Balaban J connectivity index is 1.74. The molecule has 0 aliphatic carbocycles. The van der Waals surface area contributed by atoms with E-state index in [1.807, 2.05) is 0 Å². The van der Waals surface area contributed by atoms with Crippen molar-refractivity contribution in [1.29, 1.82) is 0 Å². The SMILES string of the molecule is Cn1nc2cc(NCS(=O)(=O)NC[C@H](O)CO)ccc2c1C(=O)Nc1ccc(F)c(Cl)c1. The zero-order chi connectivity index (χ0) is 23.5. The van der Waals surface area contributed by atoms with E-state index in [1.54, 1.807) is 25.2 Å². The molecule has 0 aliphatic heterocycles. The van der Waals surface area contributed by atoms with Crippen LogP contribution in [-0.2, 0) is 17.1 Å². The molecular formula is C19H21ClFN5O5S. The maximum absolute atomic E-state index is 13.3. The Morgan fingerprint density at radius 2 is 1.97 bits per heavy atom. The molecular weight excluding hydrogens is 465 g/mol. The number of aliphatic hydroxyl groups is 2. The molecule has 1 aromatic heterocycles. The summed E-state index contributed by atoms with van der Waals surface area (Å²) in [5, 5.41) is 28.1. The Labute approximate surface area is 188 Å². The van der Waals surface area contributed by atoms with Crippen molar-refractivity contribution < 1.29 is 27.8 Å². The number of benzene rings is 2. The van der Waals surface area contributed by atoms with Crippen LogP contribution in [0.3, 0.4) is 0 Å². The zero-order valence-corrected chi connectivity index (χ0v) is 18.4. The van der Waals surface area contributed by atoms with Gasteiger partial charge in [0.25, 0.3) is 5.91 Å². The van der Waals surface area contributed by atoms with Crippen molar-refractivity contribution in [2.75, 3.05) is 29.7 Å². The van der Waals surface area contributed by atoms with Crippen LogP contribution in [-0.4, -0.2) is 59.5 Å². The van der Waals surface area contributed by atoms with Crippen LogP contribution in [0.15, 0.2) is 36.4 Å². The lowest BCUT2D eigenvalue weighted by Crippen LogP contribution is -2.36.